The topological polar surface area (TPSA) is 17.3 Å². The fourth-order valence-corrected chi connectivity index (χ4v) is 4.53. The highest BCUT2D eigenvalue weighted by molar-refractivity contribution is 6.31. The standard InChI is InChI=1S/C28H45ClN2/c1-3-4-5-6-7-8-9-10-11-12-13-14-15-16-17-18-22-30-27-21-23-31(2)28-24-25(29)19-20-26(27)28/h19-21,23-24H,3-18,22H2,1-2H3. The predicted octanol–water partition coefficient (Wildman–Crippen LogP) is 8.99. The van der Waals surface area contributed by atoms with Crippen LogP contribution < -0.4 is 5.36 Å². The van der Waals surface area contributed by atoms with Gasteiger partial charge >= 0.3 is 0 Å². The van der Waals surface area contributed by atoms with Gasteiger partial charge in [-0.25, -0.2) is 0 Å². The first-order chi connectivity index (χ1) is 15.2. The van der Waals surface area contributed by atoms with Gasteiger partial charge in [-0.3, -0.25) is 4.99 Å². The summed E-state index contributed by atoms with van der Waals surface area (Å²) in [6, 6.07) is 8.18. The number of fused-ring (bicyclic) bond motifs is 1. The molecule has 2 rings (SSSR count). The van der Waals surface area contributed by atoms with E-state index in [0.717, 1.165) is 22.4 Å². The minimum atomic E-state index is 0.776. The van der Waals surface area contributed by atoms with E-state index in [4.69, 9.17) is 16.6 Å². The second-order valence-electron chi connectivity index (χ2n) is 9.16. The lowest BCUT2D eigenvalue weighted by Gasteiger charge is -2.06. The van der Waals surface area contributed by atoms with Gasteiger partial charge in [-0.05, 0) is 30.7 Å². The van der Waals surface area contributed by atoms with Crippen LogP contribution in [0.1, 0.15) is 110 Å². The fraction of sp³-hybridized carbons (Fsp3) is 0.679. The van der Waals surface area contributed by atoms with Gasteiger partial charge in [-0.15, -0.1) is 0 Å². The summed E-state index contributed by atoms with van der Waals surface area (Å²) >= 11 is 6.15. The van der Waals surface area contributed by atoms with Crippen LogP contribution in [0.3, 0.4) is 0 Å². The summed E-state index contributed by atoms with van der Waals surface area (Å²) in [6.07, 6.45) is 24.5. The molecule has 0 saturated carbocycles. The minimum absolute atomic E-state index is 0.776. The molecule has 0 saturated heterocycles. The maximum atomic E-state index is 6.15. The summed E-state index contributed by atoms with van der Waals surface area (Å²) in [5.74, 6) is 0. The highest BCUT2D eigenvalue weighted by Gasteiger charge is 2.00. The van der Waals surface area contributed by atoms with Crippen LogP contribution >= 0.6 is 11.6 Å². The van der Waals surface area contributed by atoms with E-state index in [1.54, 1.807) is 0 Å². The van der Waals surface area contributed by atoms with Crippen molar-refractivity contribution in [3.05, 3.63) is 40.8 Å². The number of benzene rings is 1. The Balaban J connectivity index is 1.47. The molecule has 1 aromatic heterocycles. The molecule has 0 aliphatic heterocycles. The predicted molar refractivity (Wildman–Crippen MR) is 138 cm³/mol. The van der Waals surface area contributed by atoms with Crippen molar-refractivity contribution in [1.29, 1.82) is 0 Å². The molecular formula is C28H45ClN2. The van der Waals surface area contributed by atoms with Crippen molar-refractivity contribution in [2.45, 2.75) is 110 Å². The average Bonchev–Trinajstić information content (AvgIpc) is 2.77. The maximum absolute atomic E-state index is 6.15. The lowest BCUT2D eigenvalue weighted by molar-refractivity contribution is 0.530. The summed E-state index contributed by atoms with van der Waals surface area (Å²) in [4.78, 5) is 4.85. The van der Waals surface area contributed by atoms with E-state index >= 15 is 0 Å². The Bertz CT molecular complexity index is 793. The first-order valence-electron chi connectivity index (χ1n) is 13.0. The van der Waals surface area contributed by atoms with Crippen molar-refractivity contribution in [3.63, 3.8) is 0 Å². The molecule has 31 heavy (non-hydrogen) atoms. The Labute approximate surface area is 196 Å². The second-order valence-corrected chi connectivity index (χ2v) is 9.59. The van der Waals surface area contributed by atoms with E-state index in [1.807, 2.05) is 12.1 Å². The van der Waals surface area contributed by atoms with E-state index in [9.17, 15) is 0 Å². The summed E-state index contributed by atoms with van der Waals surface area (Å²) in [7, 11) is 2.05. The molecular weight excluding hydrogens is 400 g/mol. The van der Waals surface area contributed by atoms with Crippen molar-refractivity contribution >= 4 is 22.5 Å². The maximum Gasteiger partial charge on any atom is 0.0682 e. The molecule has 0 spiro atoms. The van der Waals surface area contributed by atoms with Crippen molar-refractivity contribution in [1.82, 2.24) is 4.57 Å². The molecule has 2 aromatic rings. The van der Waals surface area contributed by atoms with Crippen LogP contribution in [0, 0.1) is 0 Å². The average molecular weight is 445 g/mol. The summed E-state index contributed by atoms with van der Waals surface area (Å²) in [5, 5.41) is 3.05. The lowest BCUT2D eigenvalue weighted by atomic mass is 10.0. The van der Waals surface area contributed by atoms with Gasteiger partial charge in [0.25, 0.3) is 0 Å². The fourth-order valence-electron chi connectivity index (χ4n) is 4.36. The Morgan fingerprint density at radius 2 is 1.23 bits per heavy atom. The van der Waals surface area contributed by atoms with E-state index in [2.05, 4.69) is 36.9 Å². The van der Waals surface area contributed by atoms with Gasteiger partial charge < -0.3 is 4.57 Å². The molecule has 1 heterocycles. The third-order valence-corrected chi connectivity index (χ3v) is 6.60. The Kier molecular flexibility index (Phi) is 13.7. The SMILES string of the molecule is CCCCCCCCCCCCCCCCCCN=c1ccn(C)c2cc(Cl)ccc12. The zero-order valence-corrected chi connectivity index (χ0v) is 20.9. The molecule has 0 N–H and O–H groups in total. The highest BCUT2D eigenvalue weighted by Crippen LogP contribution is 2.16. The second kappa shape index (κ2) is 16.4. The highest BCUT2D eigenvalue weighted by atomic mass is 35.5. The first-order valence-corrected chi connectivity index (χ1v) is 13.4. The number of aromatic nitrogens is 1. The summed E-state index contributed by atoms with van der Waals surface area (Å²) in [5.41, 5.74) is 1.14. The molecule has 0 radical (unpaired) electrons. The Morgan fingerprint density at radius 3 is 1.77 bits per heavy atom. The number of aryl methyl sites for hydroxylation is 1. The monoisotopic (exact) mass is 444 g/mol. The number of nitrogens with zero attached hydrogens (tertiary/aromatic N) is 2. The van der Waals surface area contributed by atoms with Crippen LogP contribution in [-0.2, 0) is 7.05 Å². The van der Waals surface area contributed by atoms with Crippen molar-refractivity contribution in [3.8, 4) is 0 Å². The first kappa shape index (κ1) is 26.0. The number of hydrogen-bond donors (Lipinski definition) is 0. The van der Waals surface area contributed by atoms with Crippen LogP contribution in [0.5, 0.6) is 0 Å². The number of halogens is 1. The van der Waals surface area contributed by atoms with Crippen molar-refractivity contribution < 1.29 is 0 Å². The zero-order chi connectivity index (χ0) is 22.2. The lowest BCUT2D eigenvalue weighted by Crippen LogP contribution is -2.08. The molecule has 0 bridgehead atoms. The Morgan fingerprint density at radius 1 is 0.710 bits per heavy atom. The van der Waals surface area contributed by atoms with E-state index in [0.29, 0.717) is 0 Å². The molecule has 174 valence electrons. The van der Waals surface area contributed by atoms with Gasteiger partial charge in [0.05, 0.1) is 10.9 Å². The van der Waals surface area contributed by atoms with Crippen LogP contribution in [-0.4, -0.2) is 11.1 Å². The zero-order valence-electron chi connectivity index (χ0n) is 20.2. The van der Waals surface area contributed by atoms with Gasteiger partial charge in [-0.1, -0.05) is 115 Å². The van der Waals surface area contributed by atoms with Gasteiger partial charge in [0, 0.05) is 30.2 Å². The van der Waals surface area contributed by atoms with Crippen LogP contribution in [0.2, 0.25) is 5.02 Å². The van der Waals surface area contributed by atoms with Crippen LogP contribution in [0.4, 0.5) is 0 Å². The van der Waals surface area contributed by atoms with Crippen molar-refractivity contribution in [2.24, 2.45) is 12.0 Å². The largest absolute Gasteiger partial charge is 0.350 e. The quantitative estimate of drug-likeness (QED) is 0.216. The number of rotatable bonds is 17. The third-order valence-electron chi connectivity index (χ3n) is 6.37. The molecule has 1 aromatic carbocycles. The van der Waals surface area contributed by atoms with E-state index in [-0.39, 0.29) is 0 Å². The third kappa shape index (κ3) is 10.7. The molecule has 3 heteroatoms. The summed E-state index contributed by atoms with van der Waals surface area (Å²) < 4.78 is 2.11. The number of unbranched alkanes of at least 4 members (excludes halogenated alkanes) is 15. The van der Waals surface area contributed by atoms with E-state index in [1.165, 1.54) is 108 Å². The van der Waals surface area contributed by atoms with Gasteiger partial charge in [0.15, 0.2) is 0 Å². The summed E-state index contributed by atoms with van der Waals surface area (Å²) in [6.45, 7) is 3.21. The molecule has 0 amide bonds. The molecule has 2 nitrogen and oxygen atoms in total. The Hall–Kier alpha value is -1.28. The van der Waals surface area contributed by atoms with Crippen molar-refractivity contribution in [2.75, 3.05) is 6.54 Å². The smallest absolute Gasteiger partial charge is 0.0682 e. The molecule has 0 unspecified atom stereocenters. The number of hydrogen-bond acceptors (Lipinski definition) is 1. The number of pyridine rings is 1. The molecule has 0 atom stereocenters. The van der Waals surface area contributed by atoms with Crippen LogP contribution in [0.15, 0.2) is 35.5 Å². The molecule has 0 aliphatic rings. The van der Waals surface area contributed by atoms with E-state index < -0.39 is 0 Å². The normalized spacial score (nSPS) is 12.2. The molecule has 0 aliphatic carbocycles. The van der Waals surface area contributed by atoms with Crippen LogP contribution in [0.25, 0.3) is 10.9 Å². The van der Waals surface area contributed by atoms with Gasteiger partial charge in [0.2, 0.25) is 0 Å². The molecule has 0 fully saturated rings. The van der Waals surface area contributed by atoms with Gasteiger partial charge in [-0.2, -0.15) is 0 Å². The van der Waals surface area contributed by atoms with Gasteiger partial charge in [0.1, 0.15) is 0 Å². The minimum Gasteiger partial charge on any atom is -0.350 e.